The van der Waals surface area contributed by atoms with E-state index in [1.54, 1.807) is 17.0 Å². The molecule has 180 valence electrons. The van der Waals surface area contributed by atoms with Crippen LogP contribution in [0.5, 0.6) is 0 Å². The van der Waals surface area contributed by atoms with E-state index in [0.29, 0.717) is 24.2 Å². The number of urea groups is 1. The molecule has 10 heteroatoms. The Kier molecular flexibility index (Phi) is 5.54. The Labute approximate surface area is 200 Å². The third kappa shape index (κ3) is 4.08. The van der Waals surface area contributed by atoms with Crippen molar-refractivity contribution in [1.29, 1.82) is 0 Å². The van der Waals surface area contributed by atoms with E-state index in [2.05, 4.69) is 10.1 Å². The van der Waals surface area contributed by atoms with E-state index in [-0.39, 0.29) is 55.7 Å². The van der Waals surface area contributed by atoms with Crippen LogP contribution < -0.4 is 0 Å². The quantitative estimate of drug-likeness (QED) is 0.555. The number of amides is 3. The van der Waals surface area contributed by atoms with Gasteiger partial charge in [0.1, 0.15) is 19.2 Å². The van der Waals surface area contributed by atoms with Crippen LogP contribution in [0, 0.1) is 11.7 Å². The van der Waals surface area contributed by atoms with Crippen molar-refractivity contribution < 1.29 is 28.0 Å². The van der Waals surface area contributed by atoms with Crippen molar-refractivity contribution in [3.63, 3.8) is 0 Å². The maximum absolute atomic E-state index is 13.9. The highest BCUT2D eigenvalue weighted by Gasteiger charge is 2.53. The average Bonchev–Trinajstić information content (AvgIpc) is 3.53. The van der Waals surface area contributed by atoms with Crippen LogP contribution in [0.3, 0.4) is 0 Å². The molecular weight excluding hydrogens is 455 g/mol. The average molecular weight is 478 g/mol. The Balaban J connectivity index is 1.29. The number of benzene rings is 2. The second-order valence-corrected chi connectivity index (χ2v) is 9.02. The number of ether oxygens (including phenoxy) is 2. The van der Waals surface area contributed by atoms with Gasteiger partial charge in [-0.25, -0.2) is 9.18 Å². The number of fused-ring (bicyclic) bond motifs is 2. The summed E-state index contributed by atoms with van der Waals surface area (Å²) >= 11 is 0. The van der Waals surface area contributed by atoms with E-state index >= 15 is 0 Å². The number of aromatic nitrogens is 2. The highest BCUT2D eigenvalue weighted by atomic mass is 19.1. The number of nitrogens with zero attached hydrogens (tertiary/aromatic N) is 4. The lowest BCUT2D eigenvalue weighted by molar-refractivity contribution is -0.145. The van der Waals surface area contributed by atoms with Gasteiger partial charge >= 0.3 is 6.03 Å². The summed E-state index contributed by atoms with van der Waals surface area (Å²) in [6.07, 6.45) is 0.549. The highest BCUT2D eigenvalue weighted by molar-refractivity contribution is 5.98. The lowest BCUT2D eigenvalue weighted by Crippen LogP contribution is -2.64. The Morgan fingerprint density at radius 2 is 1.77 bits per heavy atom. The minimum atomic E-state index is -0.475. The van der Waals surface area contributed by atoms with Crippen molar-refractivity contribution in [1.82, 2.24) is 19.9 Å². The van der Waals surface area contributed by atoms with Gasteiger partial charge in [-0.15, -0.1) is 0 Å². The lowest BCUT2D eigenvalue weighted by atomic mass is 9.78. The Morgan fingerprint density at radius 3 is 2.57 bits per heavy atom. The number of hydrogen-bond donors (Lipinski definition) is 0. The summed E-state index contributed by atoms with van der Waals surface area (Å²) in [5.74, 6) is -0.621. The topological polar surface area (TPSA) is 98.0 Å². The fourth-order valence-electron chi connectivity index (χ4n) is 5.20. The third-order valence-corrected chi connectivity index (χ3v) is 6.90. The molecule has 3 aromatic rings. The number of imide groups is 1. The van der Waals surface area contributed by atoms with E-state index in [0.717, 1.165) is 10.5 Å². The predicted octanol–water partition coefficient (Wildman–Crippen LogP) is 3.36. The Morgan fingerprint density at radius 1 is 0.971 bits per heavy atom. The van der Waals surface area contributed by atoms with Gasteiger partial charge < -0.3 is 18.9 Å². The molecular formula is C25H23FN4O5. The first-order valence-corrected chi connectivity index (χ1v) is 11.5. The van der Waals surface area contributed by atoms with Gasteiger partial charge in [0, 0.05) is 18.2 Å². The SMILES string of the molecule is O=C1C2CC3OCOC3CC2N(Cc2cccc(F)c2)C(=O)N1Cc1nc(-c2ccccc2)no1. The predicted molar refractivity (Wildman–Crippen MR) is 119 cm³/mol. The van der Waals surface area contributed by atoms with Gasteiger partial charge in [-0.1, -0.05) is 47.6 Å². The molecule has 0 spiro atoms. The van der Waals surface area contributed by atoms with Crippen LogP contribution in [-0.4, -0.2) is 56.9 Å². The van der Waals surface area contributed by atoms with E-state index in [9.17, 15) is 14.0 Å². The first-order valence-electron chi connectivity index (χ1n) is 11.5. The molecule has 0 bridgehead atoms. The number of rotatable bonds is 5. The minimum absolute atomic E-state index is 0.147. The van der Waals surface area contributed by atoms with E-state index in [4.69, 9.17) is 14.0 Å². The largest absolute Gasteiger partial charge is 0.349 e. The molecule has 3 amide bonds. The standard InChI is InChI=1S/C25H23FN4O5/c26-17-8-4-5-15(9-17)12-29-19-11-21-20(33-14-34-21)10-18(19)24(31)30(25(29)32)13-22-27-23(28-35-22)16-6-2-1-3-7-16/h1-9,18-21H,10-14H2. The van der Waals surface area contributed by atoms with Gasteiger partial charge in [-0.2, -0.15) is 4.98 Å². The molecule has 9 nitrogen and oxygen atoms in total. The molecule has 2 aliphatic heterocycles. The van der Waals surface area contributed by atoms with Crippen molar-refractivity contribution in [3.05, 3.63) is 71.9 Å². The zero-order valence-electron chi connectivity index (χ0n) is 18.7. The van der Waals surface area contributed by atoms with Gasteiger partial charge in [0.15, 0.2) is 0 Å². The van der Waals surface area contributed by atoms with Crippen molar-refractivity contribution in [3.8, 4) is 11.4 Å². The zero-order valence-corrected chi connectivity index (χ0v) is 18.7. The van der Waals surface area contributed by atoms with Gasteiger partial charge in [-0.3, -0.25) is 9.69 Å². The van der Waals surface area contributed by atoms with E-state index in [1.165, 1.54) is 12.1 Å². The summed E-state index contributed by atoms with van der Waals surface area (Å²) in [6.45, 7) is 0.194. The maximum atomic E-state index is 13.9. The summed E-state index contributed by atoms with van der Waals surface area (Å²) in [6, 6.07) is 14.6. The van der Waals surface area contributed by atoms with Crippen molar-refractivity contribution in [2.75, 3.05) is 6.79 Å². The van der Waals surface area contributed by atoms with Crippen molar-refractivity contribution in [2.45, 2.75) is 44.2 Å². The molecule has 4 atom stereocenters. The smallest absolute Gasteiger partial charge is 0.327 e. The maximum Gasteiger partial charge on any atom is 0.327 e. The second-order valence-electron chi connectivity index (χ2n) is 9.02. The van der Waals surface area contributed by atoms with Crippen molar-refractivity contribution >= 4 is 11.9 Å². The molecule has 1 saturated carbocycles. The zero-order chi connectivity index (χ0) is 23.9. The Bertz CT molecular complexity index is 1250. The van der Waals surface area contributed by atoms with Gasteiger partial charge in [0.2, 0.25) is 17.6 Å². The summed E-state index contributed by atoms with van der Waals surface area (Å²) in [7, 11) is 0. The van der Waals surface area contributed by atoms with Crippen LogP contribution in [0.4, 0.5) is 9.18 Å². The molecule has 4 unspecified atom stereocenters. The molecule has 0 N–H and O–H groups in total. The van der Waals surface area contributed by atoms with E-state index < -0.39 is 11.9 Å². The van der Waals surface area contributed by atoms with Crippen LogP contribution in [0.2, 0.25) is 0 Å². The molecule has 3 heterocycles. The van der Waals surface area contributed by atoms with Gasteiger partial charge in [0.05, 0.1) is 18.1 Å². The first kappa shape index (κ1) is 21.9. The molecule has 3 fully saturated rings. The van der Waals surface area contributed by atoms with Gasteiger partial charge in [-0.05, 0) is 30.5 Å². The summed E-state index contributed by atoms with van der Waals surface area (Å²) in [5.41, 5.74) is 1.41. The molecule has 2 saturated heterocycles. The van der Waals surface area contributed by atoms with Crippen LogP contribution in [0.25, 0.3) is 11.4 Å². The molecule has 2 aromatic carbocycles. The summed E-state index contributed by atoms with van der Waals surface area (Å²) in [4.78, 5) is 34.3. The van der Waals surface area contributed by atoms with Crippen LogP contribution >= 0.6 is 0 Å². The summed E-state index contributed by atoms with van der Waals surface area (Å²) in [5, 5.41) is 4.00. The van der Waals surface area contributed by atoms with Gasteiger partial charge in [0.25, 0.3) is 0 Å². The van der Waals surface area contributed by atoms with Crippen molar-refractivity contribution in [2.24, 2.45) is 5.92 Å². The number of halogens is 1. The van der Waals surface area contributed by atoms with E-state index in [1.807, 2.05) is 30.3 Å². The lowest BCUT2D eigenvalue weighted by Gasteiger charge is -2.48. The van der Waals surface area contributed by atoms with Crippen LogP contribution in [0.15, 0.2) is 59.1 Å². The molecule has 1 aromatic heterocycles. The molecule has 35 heavy (non-hydrogen) atoms. The molecule has 6 rings (SSSR count). The minimum Gasteiger partial charge on any atom is -0.349 e. The molecule has 1 aliphatic carbocycles. The first-order chi connectivity index (χ1) is 17.1. The fraction of sp³-hybridized carbons (Fsp3) is 0.360. The third-order valence-electron chi connectivity index (χ3n) is 6.90. The molecule has 0 radical (unpaired) electrons. The highest BCUT2D eigenvalue weighted by Crippen LogP contribution is 2.40. The normalized spacial score (nSPS) is 26.1. The monoisotopic (exact) mass is 478 g/mol. The van der Waals surface area contributed by atoms with Crippen LogP contribution in [0.1, 0.15) is 24.3 Å². The Hall–Kier alpha value is -3.63. The number of carbonyl (C=O) groups is 2. The number of carbonyl (C=O) groups excluding carboxylic acids is 2. The second kappa shape index (κ2) is 8.86. The van der Waals surface area contributed by atoms with Crippen LogP contribution in [-0.2, 0) is 27.4 Å². The fourth-order valence-corrected chi connectivity index (χ4v) is 5.20. The molecule has 3 aliphatic rings. The number of hydrogen-bond acceptors (Lipinski definition) is 7. The summed E-state index contributed by atoms with van der Waals surface area (Å²) < 4.78 is 30.6.